The van der Waals surface area contributed by atoms with Gasteiger partial charge in [-0.2, -0.15) is 4.57 Å². The summed E-state index contributed by atoms with van der Waals surface area (Å²) in [6.45, 7) is 2.82. The van der Waals surface area contributed by atoms with E-state index in [4.69, 9.17) is 19.9 Å². The Kier molecular flexibility index (Phi) is 8.72. The number of aryl methyl sites for hydroxylation is 1. The van der Waals surface area contributed by atoms with Crippen LogP contribution in [-0.4, -0.2) is 37.0 Å². The van der Waals surface area contributed by atoms with Crippen molar-refractivity contribution in [2.45, 2.75) is 38.3 Å². The monoisotopic (exact) mass is 638 g/mol. The summed E-state index contributed by atoms with van der Waals surface area (Å²) in [5, 5.41) is 6.80. The molecule has 3 N–H and O–H groups in total. The number of ether oxygens (including phenoxy) is 3. The van der Waals surface area contributed by atoms with Crippen LogP contribution in [0.1, 0.15) is 34.1 Å². The Morgan fingerprint density at radius 2 is 1.44 bits per heavy atom. The zero-order valence-corrected chi connectivity index (χ0v) is 26.5. The van der Waals surface area contributed by atoms with Crippen LogP contribution in [0.4, 0.5) is 11.4 Å². The molecule has 1 fully saturated rings. The van der Waals surface area contributed by atoms with Gasteiger partial charge in [0.05, 0.1) is 21.9 Å². The fourth-order valence-electron chi connectivity index (χ4n) is 6.43. The molecule has 3 atom stereocenters. The number of hydrogen-bond acceptors (Lipinski definition) is 7. The molecule has 6 aromatic rings. The van der Waals surface area contributed by atoms with Crippen LogP contribution in [0.2, 0.25) is 0 Å². The van der Waals surface area contributed by atoms with Crippen LogP contribution in [0.3, 0.4) is 0 Å². The SMILES string of the molecule is CC[n+]1c(-c2ccccc2)c2cc(N[C@@H]3C[C@H](OC(=O)c4ccccc4)[C@@H](COC(=O)c4ccccc4)O3)ccc2c2ccc(N)cc21. The summed E-state index contributed by atoms with van der Waals surface area (Å²) >= 11 is 0. The summed E-state index contributed by atoms with van der Waals surface area (Å²) < 4.78 is 20.2. The molecule has 1 aliphatic heterocycles. The molecule has 1 aromatic heterocycles. The molecule has 0 aliphatic carbocycles. The molecule has 240 valence electrons. The quantitative estimate of drug-likeness (QED) is 0.0750. The summed E-state index contributed by atoms with van der Waals surface area (Å²) in [5.74, 6) is -0.927. The predicted octanol–water partition coefficient (Wildman–Crippen LogP) is 7.16. The topological polar surface area (TPSA) is 104 Å². The third kappa shape index (κ3) is 6.30. The number of rotatable bonds is 9. The molecule has 0 unspecified atom stereocenters. The Morgan fingerprint density at radius 1 is 0.792 bits per heavy atom. The number of carbonyl (C=O) groups excluding carboxylic acids is 2. The zero-order valence-electron chi connectivity index (χ0n) is 26.5. The molecule has 0 spiro atoms. The van der Waals surface area contributed by atoms with Gasteiger partial charge in [-0.15, -0.1) is 0 Å². The van der Waals surface area contributed by atoms with Gasteiger partial charge >= 0.3 is 11.9 Å². The summed E-state index contributed by atoms with van der Waals surface area (Å²) in [6, 6.07) is 40.3. The average Bonchev–Trinajstić information content (AvgIpc) is 3.50. The van der Waals surface area contributed by atoms with Crippen molar-refractivity contribution in [2.24, 2.45) is 0 Å². The third-order valence-corrected chi connectivity index (χ3v) is 8.69. The molecule has 2 heterocycles. The lowest BCUT2D eigenvalue weighted by Gasteiger charge is -2.19. The number of nitrogens with two attached hydrogens (primary N) is 1. The second kappa shape index (κ2) is 13.6. The largest absolute Gasteiger partial charge is 0.459 e. The first-order valence-corrected chi connectivity index (χ1v) is 16.1. The molecule has 0 radical (unpaired) electrons. The Bertz CT molecular complexity index is 2090. The highest BCUT2D eigenvalue weighted by molar-refractivity contribution is 6.10. The van der Waals surface area contributed by atoms with E-state index in [9.17, 15) is 9.59 Å². The van der Waals surface area contributed by atoms with Gasteiger partial charge in [0, 0.05) is 34.8 Å². The lowest BCUT2D eigenvalue weighted by molar-refractivity contribution is -0.655. The number of esters is 2. The Hall–Kier alpha value is -5.73. The molecule has 1 aliphatic rings. The van der Waals surface area contributed by atoms with Gasteiger partial charge in [0.1, 0.15) is 31.6 Å². The molecule has 0 amide bonds. The molecule has 0 saturated carbocycles. The van der Waals surface area contributed by atoms with Gasteiger partial charge in [0.15, 0.2) is 0 Å². The first kappa shape index (κ1) is 30.9. The average molecular weight is 639 g/mol. The van der Waals surface area contributed by atoms with Crippen molar-refractivity contribution in [3.05, 3.63) is 139 Å². The molecule has 8 nitrogen and oxygen atoms in total. The minimum atomic E-state index is -0.667. The van der Waals surface area contributed by atoms with Crippen molar-refractivity contribution < 1.29 is 28.4 Å². The highest BCUT2D eigenvalue weighted by Crippen LogP contribution is 2.35. The minimum Gasteiger partial charge on any atom is -0.459 e. The molecule has 8 heteroatoms. The number of nitrogens with one attached hydrogen (secondary N) is 1. The molecular weight excluding hydrogens is 602 g/mol. The number of carbonyl (C=O) groups is 2. The van der Waals surface area contributed by atoms with Gasteiger partial charge in [0.2, 0.25) is 11.2 Å². The molecule has 48 heavy (non-hydrogen) atoms. The van der Waals surface area contributed by atoms with Crippen LogP contribution in [-0.2, 0) is 20.8 Å². The van der Waals surface area contributed by atoms with E-state index in [1.807, 2.05) is 48.5 Å². The van der Waals surface area contributed by atoms with Crippen LogP contribution in [0.5, 0.6) is 0 Å². The smallest absolute Gasteiger partial charge is 0.338 e. The van der Waals surface area contributed by atoms with E-state index in [2.05, 4.69) is 47.1 Å². The van der Waals surface area contributed by atoms with Gasteiger partial charge in [-0.25, -0.2) is 9.59 Å². The number of pyridine rings is 1. The lowest BCUT2D eigenvalue weighted by atomic mass is 9.98. The third-order valence-electron chi connectivity index (χ3n) is 8.69. The number of anilines is 2. The minimum absolute atomic E-state index is 0.0693. The first-order valence-electron chi connectivity index (χ1n) is 16.1. The predicted molar refractivity (Wildman–Crippen MR) is 186 cm³/mol. The van der Waals surface area contributed by atoms with Crippen molar-refractivity contribution in [1.82, 2.24) is 0 Å². The Morgan fingerprint density at radius 3 is 2.12 bits per heavy atom. The van der Waals surface area contributed by atoms with Crippen molar-refractivity contribution in [3.8, 4) is 11.3 Å². The number of hydrogen-bond donors (Lipinski definition) is 2. The van der Waals surface area contributed by atoms with E-state index < -0.39 is 30.4 Å². The lowest BCUT2D eigenvalue weighted by Crippen LogP contribution is -2.36. The fourth-order valence-corrected chi connectivity index (χ4v) is 6.43. The van der Waals surface area contributed by atoms with E-state index in [1.165, 1.54) is 0 Å². The van der Waals surface area contributed by atoms with Crippen molar-refractivity contribution in [1.29, 1.82) is 0 Å². The summed E-state index contributed by atoms with van der Waals surface area (Å²) in [5.41, 5.74) is 11.9. The maximum atomic E-state index is 13.1. The highest BCUT2D eigenvalue weighted by atomic mass is 16.6. The summed E-state index contributed by atoms with van der Waals surface area (Å²) in [6.07, 6.45) is -1.45. The van der Waals surface area contributed by atoms with Crippen LogP contribution in [0, 0.1) is 0 Å². The molecule has 7 rings (SSSR count). The van der Waals surface area contributed by atoms with E-state index in [1.54, 1.807) is 48.5 Å². The standard InChI is InChI=1S/C40H35N3O5/c1-2-43-34-22-29(41)18-20-32(34)31-21-19-30(23-33(31)38(43)26-12-6-3-7-13-26)42-37-24-35(48-40(45)28-16-10-5-11-17-28)36(47-37)25-46-39(44)27-14-8-4-9-15-27/h3-23,35-37,41-42H,2,24-25H2,1H3/p+1/t35-,36+,37-/m0/s1. The molecule has 0 bridgehead atoms. The summed E-state index contributed by atoms with van der Waals surface area (Å²) in [4.78, 5) is 25.8. The second-order valence-electron chi connectivity index (χ2n) is 11.8. The van der Waals surface area contributed by atoms with Crippen LogP contribution < -0.4 is 15.6 Å². The highest BCUT2D eigenvalue weighted by Gasteiger charge is 2.39. The summed E-state index contributed by atoms with van der Waals surface area (Å²) in [7, 11) is 0. The Labute approximate surface area is 278 Å². The van der Waals surface area contributed by atoms with Crippen LogP contribution >= 0.6 is 0 Å². The number of fused-ring (bicyclic) bond motifs is 3. The van der Waals surface area contributed by atoms with Crippen molar-refractivity contribution in [2.75, 3.05) is 17.7 Å². The number of aromatic nitrogens is 1. The van der Waals surface area contributed by atoms with E-state index >= 15 is 0 Å². The van der Waals surface area contributed by atoms with E-state index in [-0.39, 0.29) is 6.61 Å². The number of nitrogens with zero attached hydrogens (tertiary/aromatic N) is 1. The second-order valence-corrected chi connectivity index (χ2v) is 11.8. The molecular formula is C40H36N3O5+. The number of nitrogen functional groups attached to an aromatic ring is 1. The Balaban J connectivity index is 1.20. The van der Waals surface area contributed by atoms with Crippen molar-refractivity contribution >= 4 is 45.0 Å². The van der Waals surface area contributed by atoms with Crippen LogP contribution in [0.25, 0.3) is 32.9 Å². The first-order chi connectivity index (χ1) is 23.5. The van der Waals surface area contributed by atoms with Gasteiger partial charge in [0.25, 0.3) is 0 Å². The van der Waals surface area contributed by atoms with Gasteiger partial charge in [-0.05, 0) is 67.6 Å². The fraction of sp³-hybridized carbons (Fsp3) is 0.175. The zero-order chi connectivity index (χ0) is 33.0. The van der Waals surface area contributed by atoms with Crippen molar-refractivity contribution in [3.63, 3.8) is 0 Å². The maximum absolute atomic E-state index is 13.1. The molecule has 1 saturated heterocycles. The number of benzene rings is 5. The van der Waals surface area contributed by atoms with Crippen LogP contribution in [0.15, 0.2) is 127 Å². The molecule has 5 aromatic carbocycles. The van der Waals surface area contributed by atoms with E-state index in [0.29, 0.717) is 23.2 Å². The van der Waals surface area contributed by atoms with Gasteiger partial charge in [-0.1, -0.05) is 60.7 Å². The maximum Gasteiger partial charge on any atom is 0.338 e. The van der Waals surface area contributed by atoms with Gasteiger partial charge in [-0.3, -0.25) is 0 Å². The van der Waals surface area contributed by atoms with E-state index in [0.717, 1.165) is 45.2 Å². The normalized spacial score (nSPS) is 17.3. The van der Waals surface area contributed by atoms with Gasteiger partial charge < -0.3 is 25.3 Å².